The average molecular weight is 317 g/mol. The van der Waals surface area contributed by atoms with Crippen molar-refractivity contribution in [2.24, 2.45) is 5.92 Å². The smallest absolute Gasteiger partial charge is 0.234 e. The molecule has 2 rings (SSSR count). The molecule has 0 saturated heterocycles. The zero-order valence-corrected chi connectivity index (χ0v) is 12.9. The van der Waals surface area contributed by atoms with Gasteiger partial charge in [0, 0.05) is 6.07 Å². The van der Waals surface area contributed by atoms with Gasteiger partial charge in [-0.1, -0.05) is 6.07 Å². The number of ether oxygens (including phenoxy) is 1. The molecule has 6 heteroatoms. The second kappa shape index (κ2) is 8.85. The fraction of sp³-hybridized carbons (Fsp3) is 0.533. The molecule has 0 aromatic heterocycles. The maximum atomic E-state index is 13.0. The summed E-state index contributed by atoms with van der Waals surface area (Å²) >= 11 is 0. The van der Waals surface area contributed by atoms with Crippen LogP contribution in [-0.4, -0.2) is 31.6 Å². The lowest BCUT2D eigenvalue weighted by molar-refractivity contribution is -0.120. The second-order valence-electron chi connectivity index (χ2n) is 5.26. The van der Waals surface area contributed by atoms with Crippen LogP contribution in [0.2, 0.25) is 0 Å². The number of amides is 1. The molecule has 0 bridgehead atoms. The number of hydrogen-bond donors (Lipinski definition) is 2. The lowest BCUT2D eigenvalue weighted by Crippen LogP contribution is -2.39. The predicted octanol–water partition coefficient (Wildman–Crippen LogP) is 2.13. The van der Waals surface area contributed by atoms with E-state index in [1.54, 1.807) is 12.1 Å². The van der Waals surface area contributed by atoms with Gasteiger partial charge in [-0.25, -0.2) is 4.39 Å². The monoisotopic (exact) mass is 316 g/mol. The molecule has 1 saturated carbocycles. The quantitative estimate of drug-likeness (QED) is 0.772. The van der Waals surface area contributed by atoms with Crippen molar-refractivity contribution in [3.8, 4) is 5.75 Å². The van der Waals surface area contributed by atoms with Crippen LogP contribution in [0.3, 0.4) is 0 Å². The van der Waals surface area contributed by atoms with Crippen molar-refractivity contribution >= 4 is 18.3 Å². The van der Waals surface area contributed by atoms with Crippen LogP contribution < -0.4 is 15.4 Å². The second-order valence-corrected chi connectivity index (χ2v) is 5.26. The van der Waals surface area contributed by atoms with Gasteiger partial charge in [-0.05, 0) is 44.4 Å². The van der Waals surface area contributed by atoms with Crippen LogP contribution in [0.4, 0.5) is 4.39 Å². The molecule has 1 aromatic carbocycles. The predicted molar refractivity (Wildman–Crippen MR) is 82.3 cm³/mol. The Bertz CT molecular complexity index is 455. The first-order chi connectivity index (χ1) is 9.63. The van der Waals surface area contributed by atoms with E-state index in [0.29, 0.717) is 18.8 Å². The summed E-state index contributed by atoms with van der Waals surface area (Å²) in [6.45, 7) is 3.50. The van der Waals surface area contributed by atoms with Gasteiger partial charge < -0.3 is 15.4 Å². The van der Waals surface area contributed by atoms with E-state index in [4.69, 9.17) is 4.74 Å². The van der Waals surface area contributed by atoms with E-state index in [1.165, 1.54) is 25.0 Å². The minimum absolute atomic E-state index is 0. The van der Waals surface area contributed by atoms with Crippen molar-refractivity contribution in [2.45, 2.75) is 25.9 Å². The molecule has 1 fully saturated rings. The normalized spacial score (nSPS) is 15.0. The number of carbonyl (C=O) groups is 1. The summed E-state index contributed by atoms with van der Waals surface area (Å²) < 4.78 is 18.5. The number of nitrogens with one attached hydrogen (secondary N) is 2. The molecule has 0 heterocycles. The summed E-state index contributed by atoms with van der Waals surface area (Å²) in [5.41, 5.74) is 0. The lowest BCUT2D eigenvalue weighted by atomic mass is 10.3. The molecule has 0 spiro atoms. The van der Waals surface area contributed by atoms with Gasteiger partial charge >= 0.3 is 0 Å². The van der Waals surface area contributed by atoms with Crippen LogP contribution in [0.1, 0.15) is 19.8 Å². The van der Waals surface area contributed by atoms with Gasteiger partial charge in [-0.2, -0.15) is 0 Å². The Morgan fingerprint density at radius 1 is 1.48 bits per heavy atom. The molecule has 1 aromatic rings. The SMILES string of the molecule is CC(CNC(=O)CNCC1CC1)Oc1cccc(F)c1.Cl. The van der Waals surface area contributed by atoms with Gasteiger partial charge in [0.25, 0.3) is 0 Å². The van der Waals surface area contributed by atoms with Gasteiger partial charge in [0.05, 0.1) is 13.1 Å². The van der Waals surface area contributed by atoms with Crippen molar-refractivity contribution < 1.29 is 13.9 Å². The van der Waals surface area contributed by atoms with E-state index in [1.807, 2.05) is 6.92 Å². The first kappa shape index (κ1) is 17.7. The average Bonchev–Trinajstić information content (AvgIpc) is 3.20. The van der Waals surface area contributed by atoms with Crippen LogP contribution in [0.25, 0.3) is 0 Å². The Kier molecular flexibility index (Phi) is 7.47. The Morgan fingerprint density at radius 3 is 2.90 bits per heavy atom. The molecule has 1 aliphatic carbocycles. The van der Waals surface area contributed by atoms with Crippen molar-refractivity contribution in [1.29, 1.82) is 0 Å². The minimum atomic E-state index is -0.331. The van der Waals surface area contributed by atoms with Gasteiger partial charge in [-0.3, -0.25) is 4.79 Å². The highest BCUT2D eigenvalue weighted by Gasteiger charge is 2.20. The minimum Gasteiger partial charge on any atom is -0.489 e. The maximum Gasteiger partial charge on any atom is 0.234 e. The number of carbonyl (C=O) groups excluding carboxylic acids is 1. The van der Waals surface area contributed by atoms with E-state index < -0.39 is 0 Å². The lowest BCUT2D eigenvalue weighted by Gasteiger charge is -2.15. The molecular formula is C15H22ClFN2O2. The molecule has 1 unspecified atom stereocenters. The van der Waals surface area contributed by atoms with E-state index in [0.717, 1.165) is 12.5 Å². The Labute approximate surface area is 130 Å². The summed E-state index contributed by atoms with van der Waals surface area (Å²) in [6.07, 6.45) is 2.34. The highest BCUT2D eigenvalue weighted by Crippen LogP contribution is 2.27. The van der Waals surface area contributed by atoms with Crippen LogP contribution in [0.15, 0.2) is 24.3 Å². The van der Waals surface area contributed by atoms with E-state index in [-0.39, 0.29) is 30.2 Å². The molecule has 4 nitrogen and oxygen atoms in total. The van der Waals surface area contributed by atoms with Gasteiger partial charge in [0.1, 0.15) is 17.7 Å². The van der Waals surface area contributed by atoms with Crippen molar-refractivity contribution in [2.75, 3.05) is 19.6 Å². The number of rotatable bonds is 8. The standard InChI is InChI=1S/C15H21FN2O2.ClH/c1-11(20-14-4-2-3-13(16)7-14)8-18-15(19)10-17-9-12-5-6-12;/h2-4,7,11-12,17H,5-6,8-10H2,1H3,(H,18,19);1H. The molecule has 0 radical (unpaired) electrons. The van der Waals surface area contributed by atoms with Gasteiger partial charge in [-0.15, -0.1) is 12.4 Å². The molecule has 118 valence electrons. The third-order valence-electron chi connectivity index (χ3n) is 3.14. The Morgan fingerprint density at radius 2 is 2.24 bits per heavy atom. The highest BCUT2D eigenvalue weighted by atomic mass is 35.5. The van der Waals surface area contributed by atoms with Crippen molar-refractivity contribution in [3.63, 3.8) is 0 Å². The molecule has 1 atom stereocenters. The van der Waals surface area contributed by atoms with Crippen LogP contribution in [-0.2, 0) is 4.79 Å². The zero-order chi connectivity index (χ0) is 14.4. The first-order valence-electron chi connectivity index (χ1n) is 7.03. The Balaban J connectivity index is 0.00000220. The Hall–Kier alpha value is -1.33. The fourth-order valence-corrected chi connectivity index (χ4v) is 1.85. The fourth-order valence-electron chi connectivity index (χ4n) is 1.85. The summed E-state index contributed by atoms with van der Waals surface area (Å²) in [7, 11) is 0. The van der Waals surface area contributed by atoms with Crippen LogP contribution in [0, 0.1) is 11.7 Å². The molecule has 21 heavy (non-hydrogen) atoms. The molecule has 1 amide bonds. The molecule has 2 N–H and O–H groups in total. The number of halogens is 2. The third-order valence-corrected chi connectivity index (χ3v) is 3.14. The topological polar surface area (TPSA) is 50.4 Å². The van der Waals surface area contributed by atoms with Crippen LogP contribution in [0.5, 0.6) is 5.75 Å². The number of benzene rings is 1. The van der Waals surface area contributed by atoms with E-state index in [9.17, 15) is 9.18 Å². The summed E-state index contributed by atoms with van der Waals surface area (Å²) in [5, 5.41) is 5.92. The maximum absolute atomic E-state index is 13.0. The summed E-state index contributed by atoms with van der Waals surface area (Å²) in [4.78, 5) is 11.6. The summed E-state index contributed by atoms with van der Waals surface area (Å²) in [5.74, 6) is 0.861. The first-order valence-corrected chi connectivity index (χ1v) is 7.03. The van der Waals surface area contributed by atoms with Crippen LogP contribution >= 0.6 is 12.4 Å². The van der Waals surface area contributed by atoms with E-state index in [2.05, 4.69) is 10.6 Å². The third kappa shape index (κ3) is 7.29. The zero-order valence-electron chi connectivity index (χ0n) is 12.1. The molecular weight excluding hydrogens is 295 g/mol. The molecule has 0 aliphatic heterocycles. The van der Waals surface area contributed by atoms with Gasteiger partial charge in [0.2, 0.25) is 5.91 Å². The van der Waals surface area contributed by atoms with Crippen molar-refractivity contribution in [3.05, 3.63) is 30.1 Å². The largest absolute Gasteiger partial charge is 0.489 e. The van der Waals surface area contributed by atoms with E-state index >= 15 is 0 Å². The highest BCUT2D eigenvalue weighted by molar-refractivity contribution is 5.85. The summed E-state index contributed by atoms with van der Waals surface area (Å²) in [6, 6.07) is 5.98. The van der Waals surface area contributed by atoms with Crippen molar-refractivity contribution in [1.82, 2.24) is 10.6 Å². The molecule has 1 aliphatic rings. The number of hydrogen-bond acceptors (Lipinski definition) is 3. The van der Waals surface area contributed by atoms with Gasteiger partial charge in [0.15, 0.2) is 0 Å².